The van der Waals surface area contributed by atoms with Crippen LogP contribution in [0.4, 0.5) is 16.2 Å². The fraction of sp³-hybridized carbons (Fsp3) is 0.417. The van der Waals surface area contributed by atoms with Gasteiger partial charge in [-0.1, -0.05) is 0 Å². The maximum absolute atomic E-state index is 11.7. The number of nitro benzene ring substituents is 1. The highest BCUT2D eigenvalue weighted by Gasteiger charge is 2.19. The maximum Gasteiger partial charge on any atom is 0.445 e. The quantitative estimate of drug-likeness (QED) is 0.478. The molecule has 7 heteroatoms. The summed E-state index contributed by atoms with van der Waals surface area (Å²) in [5, 5.41) is 10.5. The standard InChI is InChI=1S/C12H16N2O5/c1-12(2,3)19-18-11(15)13(4)9-5-7-10(8-6-9)14(16)17/h5-8H,1-4H3. The Bertz CT molecular complexity index is 464. The van der Waals surface area contributed by atoms with Gasteiger partial charge in [0.1, 0.15) is 5.60 Å². The van der Waals surface area contributed by atoms with Crippen molar-refractivity contribution in [2.45, 2.75) is 26.4 Å². The summed E-state index contributed by atoms with van der Waals surface area (Å²) >= 11 is 0. The van der Waals surface area contributed by atoms with Gasteiger partial charge in [-0.15, -0.1) is 0 Å². The van der Waals surface area contributed by atoms with Crippen molar-refractivity contribution >= 4 is 17.5 Å². The smallest absolute Gasteiger partial charge is 0.279 e. The molecular formula is C12H16N2O5. The third-order valence-electron chi connectivity index (χ3n) is 2.08. The number of anilines is 1. The van der Waals surface area contributed by atoms with E-state index in [1.54, 1.807) is 20.8 Å². The fourth-order valence-electron chi connectivity index (χ4n) is 1.12. The fourth-order valence-corrected chi connectivity index (χ4v) is 1.12. The average molecular weight is 268 g/mol. The van der Waals surface area contributed by atoms with Gasteiger partial charge in [-0.2, -0.15) is 4.89 Å². The summed E-state index contributed by atoms with van der Waals surface area (Å²) in [6, 6.07) is 5.53. The van der Waals surface area contributed by atoms with Crippen molar-refractivity contribution in [3.8, 4) is 0 Å². The summed E-state index contributed by atoms with van der Waals surface area (Å²) in [5.41, 5.74) is -0.184. The van der Waals surface area contributed by atoms with Crippen molar-refractivity contribution in [2.24, 2.45) is 0 Å². The molecule has 0 aliphatic carbocycles. The minimum Gasteiger partial charge on any atom is -0.279 e. The summed E-state index contributed by atoms with van der Waals surface area (Å²) in [4.78, 5) is 32.4. The van der Waals surface area contributed by atoms with Crippen molar-refractivity contribution < 1.29 is 19.5 Å². The van der Waals surface area contributed by atoms with E-state index in [2.05, 4.69) is 4.89 Å². The van der Waals surface area contributed by atoms with Gasteiger partial charge in [0.25, 0.3) is 5.69 Å². The van der Waals surface area contributed by atoms with Gasteiger partial charge in [-0.25, -0.2) is 4.79 Å². The van der Waals surface area contributed by atoms with Gasteiger partial charge in [0.2, 0.25) is 0 Å². The molecule has 0 unspecified atom stereocenters. The van der Waals surface area contributed by atoms with Crippen molar-refractivity contribution in [2.75, 3.05) is 11.9 Å². The molecule has 0 aliphatic heterocycles. The molecule has 1 aromatic carbocycles. The lowest BCUT2D eigenvalue weighted by Gasteiger charge is -2.20. The van der Waals surface area contributed by atoms with E-state index in [-0.39, 0.29) is 5.69 Å². The van der Waals surface area contributed by atoms with Crippen molar-refractivity contribution in [1.29, 1.82) is 0 Å². The first-order valence-electron chi connectivity index (χ1n) is 5.58. The van der Waals surface area contributed by atoms with Gasteiger partial charge < -0.3 is 0 Å². The Morgan fingerprint density at radius 3 is 2.21 bits per heavy atom. The van der Waals surface area contributed by atoms with Crippen molar-refractivity contribution in [3.63, 3.8) is 0 Å². The van der Waals surface area contributed by atoms with E-state index in [0.717, 1.165) is 0 Å². The molecule has 0 bridgehead atoms. The molecule has 0 fully saturated rings. The van der Waals surface area contributed by atoms with Crippen LogP contribution in [-0.2, 0) is 9.78 Å². The molecule has 0 spiro atoms. The zero-order valence-electron chi connectivity index (χ0n) is 11.2. The Morgan fingerprint density at radius 2 is 1.79 bits per heavy atom. The molecule has 19 heavy (non-hydrogen) atoms. The van der Waals surface area contributed by atoms with Crippen LogP contribution in [0.3, 0.4) is 0 Å². The second-order valence-electron chi connectivity index (χ2n) is 4.88. The van der Waals surface area contributed by atoms with Crippen LogP contribution in [0.2, 0.25) is 0 Å². The lowest BCUT2D eigenvalue weighted by molar-refractivity contribution is -0.384. The van der Waals surface area contributed by atoms with E-state index in [4.69, 9.17) is 4.89 Å². The summed E-state index contributed by atoms with van der Waals surface area (Å²) in [5.74, 6) is 0. The third kappa shape index (κ3) is 4.55. The molecule has 0 saturated heterocycles. The molecule has 0 saturated carbocycles. The zero-order valence-corrected chi connectivity index (χ0v) is 11.2. The van der Waals surface area contributed by atoms with E-state index in [9.17, 15) is 14.9 Å². The highest BCUT2D eigenvalue weighted by molar-refractivity contribution is 5.86. The number of carbonyl (C=O) groups is 1. The minimum atomic E-state index is -0.705. The van der Waals surface area contributed by atoms with E-state index >= 15 is 0 Å². The molecule has 0 aromatic heterocycles. The van der Waals surface area contributed by atoms with Gasteiger partial charge in [-0.05, 0) is 32.9 Å². The van der Waals surface area contributed by atoms with E-state index < -0.39 is 16.6 Å². The minimum absolute atomic E-state index is 0.0449. The van der Waals surface area contributed by atoms with E-state index in [1.807, 2.05) is 0 Å². The van der Waals surface area contributed by atoms with Gasteiger partial charge in [0.15, 0.2) is 0 Å². The molecule has 7 nitrogen and oxygen atoms in total. The molecule has 104 valence electrons. The lowest BCUT2D eigenvalue weighted by Crippen LogP contribution is -2.30. The van der Waals surface area contributed by atoms with Crippen LogP contribution >= 0.6 is 0 Å². The molecule has 0 atom stereocenters. The highest BCUT2D eigenvalue weighted by Crippen LogP contribution is 2.19. The summed E-state index contributed by atoms with van der Waals surface area (Å²) in [6.07, 6.45) is -0.705. The normalized spacial score (nSPS) is 10.9. The number of hydrogen-bond donors (Lipinski definition) is 0. The van der Waals surface area contributed by atoms with Gasteiger partial charge >= 0.3 is 6.09 Å². The van der Waals surface area contributed by atoms with Crippen LogP contribution in [0.1, 0.15) is 20.8 Å². The van der Waals surface area contributed by atoms with Crippen LogP contribution in [0.25, 0.3) is 0 Å². The Morgan fingerprint density at radius 1 is 1.26 bits per heavy atom. The van der Waals surface area contributed by atoms with Crippen LogP contribution < -0.4 is 4.90 Å². The lowest BCUT2D eigenvalue weighted by atomic mass is 10.2. The van der Waals surface area contributed by atoms with Crippen LogP contribution in [-0.4, -0.2) is 23.7 Å². The number of nitrogens with zero attached hydrogens (tertiary/aromatic N) is 2. The number of benzene rings is 1. The van der Waals surface area contributed by atoms with Gasteiger partial charge in [0, 0.05) is 24.9 Å². The Kier molecular flexibility index (Phi) is 4.44. The molecule has 0 aliphatic rings. The van der Waals surface area contributed by atoms with Crippen LogP contribution in [0.15, 0.2) is 24.3 Å². The summed E-state index contributed by atoms with van der Waals surface area (Å²) in [6.45, 7) is 5.23. The molecule has 0 radical (unpaired) electrons. The van der Waals surface area contributed by atoms with E-state index in [1.165, 1.54) is 36.2 Å². The van der Waals surface area contributed by atoms with Gasteiger partial charge in [0.05, 0.1) is 4.92 Å². The first-order valence-corrected chi connectivity index (χ1v) is 5.58. The monoisotopic (exact) mass is 268 g/mol. The first kappa shape index (κ1) is 14.9. The predicted molar refractivity (Wildman–Crippen MR) is 68.8 cm³/mol. The maximum atomic E-state index is 11.7. The Hall–Kier alpha value is -2.15. The Labute approximate surface area is 110 Å². The summed E-state index contributed by atoms with van der Waals surface area (Å²) < 4.78 is 0. The number of hydrogen-bond acceptors (Lipinski definition) is 5. The average Bonchev–Trinajstić information content (AvgIpc) is 2.34. The highest BCUT2D eigenvalue weighted by atomic mass is 17.2. The molecule has 0 heterocycles. The molecule has 0 N–H and O–H groups in total. The van der Waals surface area contributed by atoms with Crippen molar-refractivity contribution in [3.05, 3.63) is 34.4 Å². The molecular weight excluding hydrogens is 252 g/mol. The Balaban J connectivity index is 2.69. The number of carbonyl (C=O) groups excluding carboxylic acids is 1. The molecule has 1 amide bonds. The third-order valence-corrected chi connectivity index (χ3v) is 2.08. The second kappa shape index (κ2) is 5.66. The number of amides is 1. The second-order valence-corrected chi connectivity index (χ2v) is 4.88. The number of non-ortho nitro benzene ring substituents is 1. The van der Waals surface area contributed by atoms with E-state index in [0.29, 0.717) is 5.69 Å². The number of rotatable bonds is 3. The van der Waals surface area contributed by atoms with Crippen LogP contribution in [0, 0.1) is 10.1 Å². The molecule has 1 rings (SSSR count). The van der Waals surface area contributed by atoms with Crippen molar-refractivity contribution in [1.82, 2.24) is 0 Å². The largest absolute Gasteiger partial charge is 0.445 e. The SMILES string of the molecule is CN(C(=O)OOC(C)(C)C)c1ccc([N+](=O)[O-])cc1. The number of nitro groups is 1. The topological polar surface area (TPSA) is 81.9 Å². The zero-order chi connectivity index (χ0) is 14.6. The van der Waals surface area contributed by atoms with Crippen LogP contribution in [0.5, 0.6) is 0 Å². The first-order chi connectivity index (χ1) is 8.70. The molecule has 1 aromatic rings. The predicted octanol–water partition coefficient (Wildman–Crippen LogP) is 2.90. The van der Waals surface area contributed by atoms with Gasteiger partial charge in [-0.3, -0.25) is 19.9 Å². The summed E-state index contributed by atoms with van der Waals surface area (Å²) in [7, 11) is 1.48.